The Morgan fingerprint density at radius 2 is 2.38 bits per heavy atom. The van der Waals surface area contributed by atoms with Crippen LogP contribution in [0.3, 0.4) is 0 Å². The van der Waals surface area contributed by atoms with E-state index < -0.39 is 12.0 Å². The molecule has 90 valence electrons. The van der Waals surface area contributed by atoms with Crippen LogP contribution in [0.25, 0.3) is 0 Å². The summed E-state index contributed by atoms with van der Waals surface area (Å²) < 4.78 is 0. The molecule has 0 radical (unpaired) electrons. The van der Waals surface area contributed by atoms with Crippen LogP contribution >= 0.6 is 12.4 Å². The second-order valence-corrected chi connectivity index (χ2v) is 3.66. The maximum absolute atomic E-state index is 10.9. The number of aliphatic carboxylic acids is 1. The second-order valence-electron chi connectivity index (χ2n) is 3.66. The second kappa shape index (κ2) is 5.22. The zero-order valence-corrected chi connectivity index (χ0v) is 9.72. The number of rotatable bonds is 3. The summed E-state index contributed by atoms with van der Waals surface area (Å²) in [4.78, 5) is 14.2. The molecule has 1 aromatic heterocycles. The zero-order chi connectivity index (χ0) is 10.8. The molecule has 1 N–H and O–H groups in total. The minimum atomic E-state index is -0.767. The van der Waals surface area contributed by atoms with Gasteiger partial charge in [0.25, 0.3) is 0 Å². The van der Waals surface area contributed by atoms with Crippen LogP contribution in [0.2, 0.25) is 0 Å². The number of hydrogen-bond donors (Lipinski definition) is 1. The molecule has 0 aromatic carbocycles. The molecule has 0 spiro atoms. The molecule has 16 heavy (non-hydrogen) atoms. The van der Waals surface area contributed by atoms with Gasteiger partial charge in [-0.25, -0.2) is 0 Å². The molecule has 1 aliphatic rings. The molecule has 8 heteroatoms. The van der Waals surface area contributed by atoms with Gasteiger partial charge in [-0.2, -0.15) is 4.80 Å². The minimum Gasteiger partial charge on any atom is -0.480 e. The van der Waals surface area contributed by atoms with E-state index in [1.807, 2.05) is 4.90 Å². The monoisotopic (exact) mass is 247 g/mol. The third-order valence-electron chi connectivity index (χ3n) is 2.54. The van der Waals surface area contributed by atoms with Crippen LogP contribution in [0.5, 0.6) is 0 Å². The van der Waals surface area contributed by atoms with Crippen LogP contribution < -0.4 is 0 Å². The summed E-state index contributed by atoms with van der Waals surface area (Å²) in [6.07, 6.45) is 1.62. The number of carboxylic acid groups (broad SMARTS) is 1. The van der Waals surface area contributed by atoms with Gasteiger partial charge in [-0.3, -0.25) is 9.69 Å². The summed E-state index contributed by atoms with van der Waals surface area (Å²) in [5.41, 5.74) is 0. The van der Waals surface area contributed by atoms with E-state index in [1.54, 1.807) is 7.05 Å². The highest BCUT2D eigenvalue weighted by Crippen LogP contribution is 2.18. The van der Waals surface area contributed by atoms with Crippen molar-refractivity contribution in [3.8, 4) is 0 Å². The quantitative estimate of drug-likeness (QED) is 0.788. The summed E-state index contributed by atoms with van der Waals surface area (Å²) in [5, 5.41) is 20.5. The first-order chi connectivity index (χ1) is 7.16. The molecule has 1 fully saturated rings. The summed E-state index contributed by atoms with van der Waals surface area (Å²) in [7, 11) is 1.69. The first kappa shape index (κ1) is 12.9. The highest BCUT2D eigenvalue weighted by atomic mass is 35.5. The van der Waals surface area contributed by atoms with Crippen LogP contribution in [-0.4, -0.2) is 48.8 Å². The topological polar surface area (TPSA) is 84.1 Å². The van der Waals surface area contributed by atoms with Gasteiger partial charge in [-0.05, 0) is 24.6 Å². The number of likely N-dealkylation sites (tertiary alicyclic amines) is 1. The summed E-state index contributed by atoms with van der Waals surface area (Å²) in [5.74, 6) is -0.193. The predicted molar refractivity (Wildman–Crippen MR) is 57.1 cm³/mol. The lowest BCUT2D eigenvalue weighted by Gasteiger charge is -2.18. The molecule has 0 unspecified atom stereocenters. The molecular formula is C8H14ClN5O2. The number of aryl methyl sites for hydroxylation is 1. The van der Waals surface area contributed by atoms with Crippen LogP contribution in [0.15, 0.2) is 0 Å². The number of hydrogen-bond acceptors (Lipinski definition) is 5. The van der Waals surface area contributed by atoms with Crippen LogP contribution in [-0.2, 0) is 18.4 Å². The fraction of sp³-hybridized carbons (Fsp3) is 0.750. The van der Waals surface area contributed by atoms with Crippen molar-refractivity contribution in [2.75, 3.05) is 6.54 Å². The molecule has 0 amide bonds. The fourth-order valence-corrected chi connectivity index (χ4v) is 1.86. The highest BCUT2D eigenvalue weighted by Gasteiger charge is 2.31. The number of carboxylic acids is 1. The van der Waals surface area contributed by atoms with Gasteiger partial charge in [0, 0.05) is 0 Å². The molecule has 1 aliphatic heterocycles. The maximum atomic E-state index is 10.9. The summed E-state index contributed by atoms with van der Waals surface area (Å²) >= 11 is 0. The van der Waals surface area contributed by atoms with Gasteiger partial charge in [-0.1, -0.05) is 0 Å². The van der Waals surface area contributed by atoms with Crippen LogP contribution in [0.4, 0.5) is 0 Å². The zero-order valence-electron chi connectivity index (χ0n) is 8.91. The predicted octanol–water partition coefficient (Wildman–Crippen LogP) is -0.319. The van der Waals surface area contributed by atoms with Gasteiger partial charge in [0.1, 0.15) is 6.04 Å². The Balaban J connectivity index is 0.00000128. The molecule has 0 saturated carbocycles. The van der Waals surface area contributed by atoms with Crippen molar-refractivity contribution in [3.63, 3.8) is 0 Å². The van der Waals surface area contributed by atoms with Crippen molar-refractivity contribution in [3.05, 3.63) is 5.82 Å². The normalized spacial score (nSPS) is 20.7. The van der Waals surface area contributed by atoms with E-state index in [2.05, 4.69) is 15.4 Å². The summed E-state index contributed by atoms with van der Waals surface area (Å²) in [6, 6.07) is -0.395. The van der Waals surface area contributed by atoms with Crippen molar-refractivity contribution in [1.29, 1.82) is 0 Å². The molecule has 1 aromatic rings. The Kier molecular flexibility index (Phi) is 4.19. The van der Waals surface area contributed by atoms with Crippen molar-refractivity contribution in [1.82, 2.24) is 25.1 Å². The van der Waals surface area contributed by atoms with E-state index in [0.717, 1.165) is 13.0 Å². The third-order valence-corrected chi connectivity index (χ3v) is 2.54. The van der Waals surface area contributed by atoms with Gasteiger partial charge >= 0.3 is 5.97 Å². The Bertz CT molecular complexity index is 369. The first-order valence-corrected chi connectivity index (χ1v) is 4.86. The molecule has 2 heterocycles. The van der Waals surface area contributed by atoms with E-state index in [1.165, 1.54) is 4.80 Å². The van der Waals surface area contributed by atoms with Crippen molar-refractivity contribution in [2.45, 2.75) is 25.4 Å². The molecule has 0 aliphatic carbocycles. The van der Waals surface area contributed by atoms with Gasteiger partial charge in [0.2, 0.25) is 0 Å². The molecule has 0 bridgehead atoms. The average Bonchev–Trinajstić information content (AvgIpc) is 2.75. The van der Waals surface area contributed by atoms with E-state index in [-0.39, 0.29) is 12.4 Å². The van der Waals surface area contributed by atoms with Gasteiger partial charge in [0.05, 0.1) is 13.6 Å². The van der Waals surface area contributed by atoms with Gasteiger partial charge < -0.3 is 5.11 Å². The van der Waals surface area contributed by atoms with E-state index in [0.29, 0.717) is 18.8 Å². The number of nitrogens with zero attached hydrogens (tertiary/aromatic N) is 5. The van der Waals surface area contributed by atoms with E-state index in [9.17, 15) is 4.79 Å². The average molecular weight is 248 g/mol. The SMILES string of the molecule is Cl.Cn1nnc(CN2CCC[C@H]2C(=O)O)n1. The smallest absolute Gasteiger partial charge is 0.320 e. The highest BCUT2D eigenvalue weighted by molar-refractivity contribution is 5.85. The van der Waals surface area contributed by atoms with E-state index >= 15 is 0 Å². The Labute approximate surface area is 98.8 Å². The van der Waals surface area contributed by atoms with Crippen molar-refractivity contribution >= 4 is 18.4 Å². The largest absolute Gasteiger partial charge is 0.480 e. The molecular weight excluding hydrogens is 234 g/mol. The number of halogens is 1. The number of tetrazole rings is 1. The Morgan fingerprint density at radius 1 is 1.62 bits per heavy atom. The van der Waals surface area contributed by atoms with Gasteiger partial charge in [0.15, 0.2) is 5.82 Å². The molecule has 1 saturated heterocycles. The van der Waals surface area contributed by atoms with Gasteiger partial charge in [-0.15, -0.1) is 22.6 Å². The third kappa shape index (κ3) is 2.67. The lowest BCUT2D eigenvalue weighted by molar-refractivity contribution is -0.142. The van der Waals surface area contributed by atoms with Crippen LogP contribution in [0.1, 0.15) is 18.7 Å². The number of carbonyl (C=O) groups is 1. The maximum Gasteiger partial charge on any atom is 0.320 e. The Morgan fingerprint density at radius 3 is 2.94 bits per heavy atom. The van der Waals surface area contributed by atoms with Crippen molar-refractivity contribution in [2.24, 2.45) is 7.05 Å². The lowest BCUT2D eigenvalue weighted by atomic mass is 10.2. The first-order valence-electron chi connectivity index (χ1n) is 4.86. The standard InChI is InChI=1S/C8H13N5O2.ClH/c1-12-10-7(9-11-12)5-13-4-2-3-6(13)8(14)15;/h6H,2-5H2,1H3,(H,14,15);1H/t6-;/m0./s1. The Hall–Kier alpha value is -1.21. The minimum absolute atomic E-state index is 0. The summed E-state index contributed by atoms with van der Waals surface area (Å²) in [6.45, 7) is 1.25. The number of aromatic nitrogens is 4. The molecule has 7 nitrogen and oxygen atoms in total. The van der Waals surface area contributed by atoms with E-state index in [4.69, 9.17) is 5.11 Å². The fourth-order valence-electron chi connectivity index (χ4n) is 1.86. The van der Waals surface area contributed by atoms with Crippen molar-refractivity contribution < 1.29 is 9.90 Å². The molecule has 1 atom stereocenters. The molecule has 2 rings (SSSR count). The van der Waals surface area contributed by atoms with Crippen LogP contribution in [0, 0.1) is 0 Å². The lowest BCUT2D eigenvalue weighted by Crippen LogP contribution is -2.35.